The molecule has 0 unspecified atom stereocenters. The lowest BCUT2D eigenvalue weighted by Crippen LogP contribution is -2.30. The van der Waals surface area contributed by atoms with Crippen molar-refractivity contribution in [3.63, 3.8) is 0 Å². The number of carbonyl (C=O) groups is 2. The van der Waals surface area contributed by atoms with Crippen molar-refractivity contribution in [2.45, 2.75) is 32.3 Å². The fourth-order valence-electron chi connectivity index (χ4n) is 2.63. The number of para-hydroxylation sites is 1. The van der Waals surface area contributed by atoms with Crippen LogP contribution in [0.3, 0.4) is 0 Å². The Morgan fingerprint density at radius 3 is 2.88 bits per heavy atom. The van der Waals surface area contributed by atoms with E-state index in [0.29, 0.717) is 16.1 Å². The molecule has 2 aromatic rings. The Balaban J connectivity index is 1.63. The summed E-state index contributed by atoms with van der Waals surface area (Å²) in [5, 5.41) is 11.7. The first-order valence-electron chi connectivity index (χ1n) is 7.71. The van der Waals surface area contributed by atoms with Gasteiger partial charge in [0.05, 0.1) is 11.3 Å². The van der Waals surface area contributed by atoms with Gasteiger partial charge in [-0.3, -0.25) is 4.79 Å². The van der Waals surface area contributed by atoms with Crippen molar-refractivity contribution in [2.24, 2.45) is 0 Å². The van der Waals surface area contributed by atoms with E-state index >= 15 is 0 Å². The summed E-state index contributed by atoms with van der Waals surface area (Å²) < 4.78 is 5.26. The number of hydrogen-bond donors (Lipinski definition) is 1. The monoisotopic (exact) mass is 340 g/mol. The molecule has 0 fully saturated rings. The summed E-state index contributed by atoms with van der Waals surface area (Å²) in [6, 6.07) is 10.6. The van der Waals surface area contributed by atoms with Gasteiger partial charge in [0.1, 0.15) is 10.9 Å². The van der Waals surface area contributed by atoms with E-state index in [1.165, 1.54) is 28.7 Å². The van der Waals surface area contributed by atoms with Crippen LogP contribution < -0.4 is 5.32 Å². The number of benzene rings is 1. The van der Waals surface area contributed by atoms with Crippen molar-refractivity contribution in [3.05, 3.63) is 51.2 Å². The zero-order valence-corrected chi connectivity index (χ0v) is 14.0. The molecule has 0 radical (unpaired) electrons. The van der Waals surface area contributed by atoms with Gasteiger partial charge in [0.2, 0.25) is 0 Å². The van der Waals surface area contributed by atoms with Crippen molar-refractivity contribution in [3.8, 4) is 6.07 Å². The van der Waals surface area contributed by atoms with Gasteiger partial charge in [-0.15, -0.1) is 11.3 Å². The summed E-state index contributed by atoms with van der Waals surface area (Å²) >= 11 is 1.44. The van der Waals surface area contributed by atoms with Crippen LogP contribution in [0.25, 0.3) is 0 Å². The highest BCUT2D eigenvalue weighted by Gasteiger charge is 2.23. The van der Waals surface area contributed by atoms with Gasteiger partial charge >= 0.3 is 5.97 Å². The molecule has 1 aromatic carbocycles. The smallest absolute Gasteiger partial charge is 0.349 e. The number of nitrogens with zero attached hydrogens (tertiary/aromatic N) is 1. The molecule has 0 aliphatic heterocycles. The van der Waals surface area contributed by atoms with Gasteiger partial charge in [0, 0.05) is 4.88 Å². The molecule has 1 N–H and O–H groups in total. The Bertz CT molecular complexity index is 814. The number of amides is 1. The molecule has 6 heteroatoms. The Morgan fingerprint density at radius 1 is 1.33 bits per heavy atom. The SMILES string of the molecule is C[C@H](OC(=O)c1cc2c(s1)CCC2)C(=O)Nc1ccccc1C#N. The topological polar surface area (TPSA) is 79.2 Å². The van der Waals surface area contributed by atoms with E-state index < -0.39 is 18.0 Å². The molecule has 24 heavy (non-hydrogen) atoms. The maximum atomic E-state index is 12.2. The Kier molecular flexibility index (Phi) is 4.63. The van der Waals surface area contributed by atoms with Gasteiger partial charge in [-0.2, -0.15) is 5.26 Å². The number of thiophene rings is 1. The third kappa shape index (κ3) is 3.31. The van der Waals surface area contributed by atoms with Crippen LogP contribution in [0.5, 0.6) is 0 Å². The number of anilines is 1. The molecule has 1 aromatic heterocycles. The van der Waals surface area contributed by atoms with E-state index in [9.17, 15) is 9.59 Å². The van der Waals surface area contributed by atoms with Crippen LogP contribution in [0.2, 0.25) is 0 Å². The number of fused-ring (bicyclic) bond motifs is 1. The molecular formula is C18H16N2O3S. The maximum absolute atomic E-state index is 12.2. The second kappa shape index (κ2) is 6.85. The van der Waals surface area contributed by atoms with Crippen molar-refractivity contribution < 1.29 is 14.3 Å². The summed E-state index contributed by atoms with van der Waals surface area (Å²) in [5.41, 5.74) is 1.98. The van der Waals surface area contributed by atoms with Gasteiger partial charge in [0.25, 0.3) is 5.91 Å². The highest BCUT2D eigenvalue weighted by molar-refractivity contribution is 7.14. The second-order valence-electron chi connectivity index (χ2n) is 5.61. The van der Waals surface area contributed by atoms with Crippen LogP contribution in [0, 0.1) is 11.3 Å². The zero-order chi connectivity index (χ0) is 17.1. The maximum Gasteiger partial charge on any atom is 0.349 e. The average Bonchev–Trinajstić information content (AvgIpc) is 3.16. The van der Waals surface area contributed by atoms with Gasteiger partial charge in [0.15, 0.2) is 6.10 Å². The fourth-order valence-corrected chi connectivity index (χ4v) is 3.76. The molecule has 1 aliphatic carbocycles. The third-order valence-electron chi connectivity index (χ3n) is 3.91. The number of carbonyl (C=O) groups excluding carboxylic acids is 2. The Hall–Kier alpha value is -2.65. The highest BCUT2D eigenvalue weighted by atomic mass is 32.1. The number of rotatable bonds is 4. The molecule has 5 nitrogen and oxygen atoms in total. The van der Waals surface area contributed by atoms with Gasteiger partial charge in [-0.05, 0) is 49.9 Å². The largest absolute Gasteiger partial charge is 0.448 e. The highest BCUT2D eigenvalue weighted by Crippen LogP contribution is 2.31. The van der Waals surface area contributed by atoms with Crippen LogP contribution in [-0.2, 0) is 22.4 Å². The molecule has 1 heterocycles. The van der Waals surface area contributed by atoms with Crippen molar-refractivity contribution in [1.82, 2.24) is 0 Å². The van der Waals surface area contributed by atoms with E-state index in [1.807, 2.05) is 12.1 Å². The van der Waals surface area contributed by atoms with Crippen LogP contribution in [0.4, 0.5) is 5.69 Å². The first-order chi connectivity index (χ1) is 11.6. The lowest BCUT2D eigenvalue weighted by molar-refractivity contribution is -0.123. The minimum absolute atomic E-state index is 0.360. The predicted octanol–water partition coefficient (Wildman–Crippen LogP) is 3.29. The van der Waals surface area contributed by atoms with Crippen LogP contribution in [-0.4, -0.2) is 18.0 Å². The number of ether oxygens (including phenoxy) is 1. The summed E-state index contributed by atoms with van der Waals surface area (Å²) in [7, 11) is 0. The first kappa shape index (κ1) is 16.2. The van der Waals surface area contributed by atoms with Crippen molar-refractivity contribution in [1.29, 1.82) is 5.26 Å². The van der Waals surface area contributed by atoms with Gasteiger partial charge in [-0.1, -0.05) is 12.1 Å². The Morgan fingerprint density at radius 2 is 2.12 bits per heavy atom. The molecule has 3 rings (SSSR count). The minimum Gasteiger partial charge on any atom is -0.448 e. The van der Waals surface area contributed by atoms with Crippen LogP contribution in [0.15, 0.2) is 30.3 Å². The van der Waals surface area contributed by atoms with E-state index in [-0.39, 0.29) is 0 Å². The normalized spacial score (nSPS) is 13.7. The molecule has 122 valence electrons. The molecule has 1 aliphatic rings. The summed E-state index contributed by atoms with van der Waals surface area (Å²) in [4.78, 5) is 26.2. The van der Waals surface area contributed by atoms with E-state index in [4.69, 9.17) is 10.00 Å². The fraction of sp³-hybridized carbons (Fsp3) is 0.278. The summed E-state index contributed by atoms with van der Waals surface area (Å²) in [6.45, 7) is 1.52. The molecule has 0 bridgehead atoms. The van der Waals surface area contributed by atoms with Crippen molar-refractivity contribution >= 4 is 28.9 Å². The van der Waals surface area contributed by atoms with Gasteiger partial charge in [-0.25, -0.2) is 4.79 Å². The number of hydrogen-bond acceptors (Lipinski definition) is 5. The lowest BCUT2D eigenvalue weighted by atomic mass is 10.2. The average molecular weight is 340 g/mol. The molecular weight excluding hydrogens is 324 g/mol. The number of esters is 1. The first-order valence-corrected chi connectivity index (χ1v) is 8.52. The summed E-state index contributed by atoms with van der Waals surface area (Å²) in [6.07, 6.45) is 2.20. The van der Waals surface area contributed by atoms with Crippen molar-refractivity contribution in [2.75, 3.05) is 5.32 Å². The molecule has 0 spiro atoms. The minimum atomic E-state index is -0.943. The molecule has 1 atom stereocenters. The number of nitriles is 1. The Labute approximate surface area is 143 Å². The predicted molar refractivity (Wildman–Crippen MR) is 91.0 cm³/mol. The zero-order valence-electron chi connectivity index (χ0n) is 13.2. The van der Waals surface area contributed by atoms with E-state index in [0.717, 1.165) is 19.3 Å². The van der Waals surface area contributed by atoms with Crippen LogP contribution in [0.1, 0.15) is 39.0 Å². The molecule has 1 amide bonds. The van der Waals surface area contributed by atoms with Gasteiger partial charge < -0.3 is 10.1 Å². The second-order valence-corrected chi connectivity index (χ2v) is 6.74. The molecule has 0 saturated carbocycles. The van der Waals surface area contributed by atoms with E-state index in [2.05, 4.69) is 5.32 Å². The number of aryl methyl sites for hydroxylation is 2. The van der Waals surface area contributed by atoms with E-state index in [1.54, 1.807) is 24.3 Å². The summed E-state index contributed by atoms with van der Waals surface area (Å²) in [5.74, 6) is -0.944. The quantitative estimate of drug-likeness (QED) is 0.866. The molecule has 0 saturated heterocycles. The number of nitrogens with one attached hydrogen (secondary N) is 1. The standard InChI is InChI=1S/C18H16N2O3S/c1-11(17(21)20-14-7-3-2-5-13(14)10-19)23-18(22)16-9-12-6-4-8-15(12)24-16/h2-3,5,7,9,11H,4,6,8H2,1H3,(H,20,21)/t11-/m0/s1. The third-order valence-corrected chi connectivity index (χ3v) is 5.12. The van der Waals surface area contributed by atoms with Crippen LogP contribution >= 0.6 is 11.3 Å². The lowest BCUT2D eigenvalue weighted by Gasteiger charge is -2.13.